The molecule has 3 rings (SSSR count). The van der Waals surface area contributed by atoms with Crippen molar-refractivity contribution in [2.45, 2.75) is 38.6 Å². The molecule has 1 atom stereocenters. The molecule has 1 N–H and O–H groups in total. The molecule has 27 heavy (non-hydrogen) atoms. The van der Waals surface area contributed by atoms with Gasteiger partial charge in [-0.3, -0.25) is 9.59 Å². The molecule has 0 saturated carbocycles. The highest BCUT2D eigenvalue weighted by atomic mass is 16.5. The lowest BCUT2D eigenvalue weighted by Gasteiger charge is -2.15. The van der Waals surface area contributed by atoms with Gasteiger partial charge in [-0.05, 0) is 55.9 Å². The van der Waals surface area contributed by atoms with Crippen LogP contribution >= 0.6 is 0 Å². The van der Waals surface area contributed by atoms with Crippen molar-refractivity contribution in [2.24, 2.45) is 0 Å². The van der Waals surface area contributed by atoms with Gasteiger partial charge in [0.15, 0.2) is 11.5 Å². The van der Waals surface area contributed by atoms with Gasteiger partial charge in [-0.15, -0.1) is 0 Å². The second kappa shape index (κ2) is 8.24. The van der Waals surface area contributed by atoms with E-state index < -0.39 is 6.04 Å². The zero-order valence-electron chi connectivity index (χ0n) is 15.9. The van der Waals surface area contributed by atoms with Crippen molar-refractivity contribution in [1.29, 1.82) is 0 Å². The fraction of sp³-hybridized carbons (Fsp3) is 0.450. The van der Waals surface area contributed by atoms with Gasteiger partial charge in [-0.2, -0.15) is 5.10 Å². The Hall–Kier alpha value is -2.83. The molecular weight excluding hydrogens is 346 g/mol. The lowest BCUT2D eigenvalue weighted by molar-refractivity contribution is -0.124. The fourth-order valence-electron chi connectivity index (χ4n) is 3.32. The number of nitrogens with zero attached hydrogens (tertiary/aromatic N) is 2. The predicted octanol–water partition coefficient (Wildman–Crippen LogP) is 1.67. The van der Waals surface area contributed by atoms with E-state index >= 15 is 0 Å². The Balaban J connectivity index is 1.60. The highest BCUT2D eigenvalue weighted by molar-refractivity contribution is 5.79. The van der Waals surface area contributed by atoms with Crippen LogP contribution in [0.2, 0.25) is 0 Å². The molecule has 144 valence electrons. The standard InChI is InChI=1S/C20H25N3O4/c1-13(23-19(24)12-15-5-4-6-16(15)22-23)20(25)21-10-9-14-7-8-17(26-2)18(11-14)27-3/h7-8,11-13H,4-6,9-10H2,1-3H3,(H,21,25)/t13-/m0/s1. The van der Waals surface area contributed by atoms with Gasteiger partial charge in [0, 0.05) is 12.6 Å². The molecule has 1 amide bonds. The second-order valence-corrected chi connectivity index (χ2v) is 6.66. The van der Waals surface area contributed by atoms with Crippen LogP contribution in [-0.4, -0.2) is 36.5 Å². The van der Waals surface area contributed by atoms with Crippen LogP contribution in [-0.2, 0) is 24.1 Å². The predicted molar refractivity (Wildman–Crippen MR) is 101 cm³/mol. The van der Waals surface area contributed by atoms with Crippen molar-refractivity contribution < 1.29 is 14.3 Å². The largest absolute Gasteiger partial charge is 0.493 e. The van der Waals surface area contributed by atoms with Gasteiger partial charge >= 0.3 is 0 Å². The molecule has 1 aromatic carbocycles. The van der Waals surface area contributed by atoms with Gasteiger partial charge in [-0.25, -0.2) is 4.68 Å². The number of nitrogens with one attached hydrogen (secondary N) is 1. The van der Waals surface area contributed by atoms with Crippen molar-refractivity contribution in [3.63, 3.8) is 0 Å². The maximum atomic E-state index is 12.5. The van der Waals surface area contributed by atoms with Gasteiger partial charge in [0.05, 0.1) is 19.9 Å². The van der Waals surface area contributed by atoms with Gasteiger partial charge in [0.25, 0.3) is 5.56 Å². The van der Waals surface area contributed by atoms with Crippen molar-refractivity contribution in [1.82, 2.24) is 15.1 Å². The van der Waals surface area contributed by atoms with Crippen LogP contribution in [0.5, 0.6) is 11.5 Å². The van der Waals surface area contributed by atoms with E-state index in [4.69, 9.17) is 9.47 Å². The Morgan fingerprint density at radius 2 is 2.00 bits per heavy atom. The third-order valence-electron chi connectivity index (χ3n) is 4.89. The van der Waals surface area contributed by atoms with Crippen LogP contribution in [0.4, 0.5) is 0 Å². The average Bonchev–Trinajstić information content (AvgIpc) is 3.13. The maximum Gasteiger partial charge on any atom is 0.267 e. The number of benzene rings is 1. The van der Waals surface area contributed by atoms with E-state index in [1.807, 2.05) is 18.2 Å². The van der Waals surface area contributed by atoms with Crippen molar-refractivity contribution >= 4 is 5.91 Å². The molecule has 1 aliphatic carbocycles. The molecule has 0 aliphatic heterocycles. The van der Waals surface area contributed by atoms with E-state index in [-0.39, 0.29) is 11.5 Å². The number of ether oxygens (including phenoxy) is 2. The Labute approximate surface area is 158 Å². The summed E-state index contributed by atoms with van der Waals surface area (Å²) in [6, 6.07) is 6.63. The van der Waals surface area contributed by atoms with E-state index in [0.717, 1.165) is 36.1 Å². The Bertz CT molecular complexity index is 891. The highest BCUT2D eigenvalue weighted by Gasteiger charge is 2.21. The molecule has 1 aromatic heterocycles. The Morgan fingerprint density at radius 1 is 1.22 bits per heavy atom. The van der Waals surface area contributed by atoms with E-state index in [1.165, 1.54) is 4.68 Å². The molecule has 0 saturated heterocycles. The number of amides is 1. The molecule has 1 aliphatic rings. The molecule has 1 heterocycles. The summed E-state index contributed by atoms with van der Waals surface area (Å²) in [5.74, 6) is 1.10. The van der Waals surface area contributed by atoms with Crippen LogP contribution in [0, 0.1) is 0 Å². The fourth-order valence-corrected chi connectivity index (χ4v) is 3.32. The summed E-state index contributed by atoms with van der Waals surface area (Å²) in [5, 5.41) is 7.27. The first-order valence-corrected chi connectivity index (χ1v) is 9.13. The molecule has 7 nitrogen and oxygen atoms in total. The number of carbonyl (C=O) groups excluding carboxylic acids is 1. The van der Waals surface area contributed by atoms with Gasteiger partial charge in [-0.1, -0.05) is 6.07 Å². The molecule has 0 bridgehead atoms. The first-order valence-electron chi connectivity index (χ1n) is 9.13. The number of fused-ring (bicyclic) bond motifs is 1. The Kier molecular flexibility index (Phi) is 5.78. The minimum Gasteiger partial charge on any atom is -0.493 e. The van der Waals surface area contributed by atoms with Crippen LogP contribution < -0.4 is 20.3 Å². The summed E-state index contributed by atoms with van der Waals surface area (Å²) in [4.78, 5) is 24.7. The average molecular weight is 371 g/mol. The minimum absolute atomic E-state index is 0.219. The van der Waals surface area contributed by atoms with E-state index in [0.29, 0.717) is 24.5 Å². The van der Waals surface area contributed by atoms with E-state index in [1.54, 1.807) is 27.2 Å². The summed E-state index contributed by atoms with van der Waals surface area (Å²) in [6.07, 6.45) is 3.41. The van der Waals surface area contributed by atoms with Crippen LogP contribution in [0.3, 0.4) is 0 Å². The lowest BCUT2D eigenvalue weighted by atomic mass is 10.1. The molecule has 0 radical (unpaired) electrons. The van der Waals surface area contributed by atoms with Gasteiger partial charge in [0.1, 0.15) is 6.04 Å². The third-order valence-corrected chi connectivity index (χ3v) is 4.89. The van der Waals surface area contributed by atoms with Gasteiger partial charge < -0.3 is 14.8 Å². The smallest absolute Gasteiger partial charge is 0.267 e. The molecule has 2 aromatic rings. The monoisotopic (exact) mass is 371 g/mol. The van der Waals surface area contributed by atoms with Crippen LogP contribution in [0.25, 0.3) is 0 Å². The van der Waals surface area contributed by atoms with Crippen molar-refractivity contribution in [3.8, 4) is 11.5 Å². The summed E-state index contributed by atoms with van der Waals surface area (Å²) in [7, 11) is 3.18. The summed E-state index contributed by atoms with van der Waals surface area (Å²) >= 11 is 0. The second-order valence-electron chi connectivity index (χ2n) is 6.66. The van der Waals surface area contributed by atoms with Gasteiger partial charge in [0.2, 0.25) is 5.91 Å². The SMILES string of the molecule is COc1ccc(CCNC(=O)[C@H](C)n2nc3c(cc2=O)CCC3)cc1OC. The number of hydrogen-bond acceptors (Lipinski definition) is 5. The molecule has 0 spiro atoms. The summed E-state index contributed by atoms with van der Waals surface area (Å²) in [5.41, 5.74) is 2.74. The quantitative estimate of drug-likeness (QED) is 0.801. The maximum absolute atomic E-state index is 12.5. The van der Waals surface area contributed by atoms with Crippen LogP contribution in [0.15, 0.2) is 29.1 Å². The molecule has 0 fully saturated rings. The van der Waals surface area contributed by atoms with E-state index in [2.05, 4.69) is 10.4 Å². The van der Waals surface area contributed by atoms with Crippen molar-refractivity contribution in [2.75, 3.05) is 20.8 Å². The van der Waals surface area contributed by atoms with Crippen LogP contribution in [0.1, 0.15) is 36.2 Å². The van der Waals surface area contributed by atoms with E-state index in [9.17, 15) is 9.59 Å². The number of rotatable bonds is 7. The third kappa shape index (κ3) is 4.13. The summed E-state index contributed by atoms with van der Waals surface area (Å²) in [6.45, 7) is 2.15. The molecule has 7 heteroatoms. The lowest BCUT2D eigenvalue weighted by Crippen LogP contribution is -2.38. The highest BCUT2D eigenvalue weighted by Crippen LogP contribution is 2.27. The zero-order chi connectivity index (χ0) is 19.4. The minimum atomic E-state index is -0.645. The number of carbonyl (C=O) groups is 1. The number of aromatic nitrogens is 2. The summed E-state index contributed by atoms with van der Waals surface area (Å²) < 4.78 is 11.8. The Morgan fingerprint density at radius 3 is 2.74 bits per heavy atom. The topological polar surface area (TPSA) is 82.5 Å². The number of aryl methyl sites for hydroxylation is 2. The van der Waals surface area contributed by atoms with Crippen molar-refractivity contribution in [3.05, 3.63) is 51.4 Å². The first-order chi connectivity index (χ1) is 13.0. The molecule has 0 unspecified atom stereocenters. The molecular formula is C20H25N3O4. The number of hydrogen-bond donors (Lipinski definition) is 1. The number of methoxy groups -OCH3 is 2. The first kappa shape index (κ1) is 18.9. The normalized spacial score (nSPS) is 13.7. The zero-order valence-corrected chi connectivity index (χ0v) is 15.9.